The van der Waals surface area contributed by atoms with Crippen molar-refractivity contribution in [1.82, 2.24) is 9.97 Å². The number of rotatable bonds is 7. The minimum Gasteiger partial charge on any atom is -0.480 e. The molecule has 20 heavy (non-hydrogen) atoms. The number of aromatic nitrogens is 2. The van der Waals surface area contributed by atoms with Gasteiger partial charge in [0.1, 0.15) is 6.04 Å². The summed E-state index contributed by atoms with van der Waals surface area (Å²) in [6.07, 6.45) is 7.25. The highest BCUT2D eigenvalue weighted by Gasteiger charge is 2.09. The Balaban J connectivity index is 0. The lowest BCUT2D eigenvalue weighted by molar-refractivity contribution is -0.138. The van der Waals surface area contributed by atoms with Crippen LogP contribution in [0.5, 0.6) is 0 Å². The largest absolute Gasteiger partial charge is 0.480 e. The SMILES string of the molecule is CCOCC.NCCCCC(N)C(=O)O.c1c[nH]cn1. The minimum absolute atomic E-state index is 0.520. The zero-order chi connectivity index (χ0) is 15.6. The number of imidazole rings is 1. The lowest BCUT2D eigenvalue weighted by atomic mass is 10.1. The van der Waals surface area contributed by atoms with Crippen molar-refractivity contribution in [2.45, 2.75) is 39.2 Å². The Morgan fingerprint density at radius 3 is 2.30 bits per heavy atom. The highest BCUT2D eigenvalue weighted by Crippen LogP contribution is 1.96. The van der Waals surface area contributed by atoms with E-state index in [4.69, 9.17) is 21.3 Å². The Kier molecular flexibility index (Phi) is 18.3. The Bertz CT molecular complexity index is 262. The number of hydrogen-bond acceptors (Lipinski definition) is 5. The predicted molar refractivity (Wildman–Crippen MR) is 79.3 cm³/mol. The van der Waals surface area contributed by atoms with Crippen molar-refractivity contribution < 1.29 is 14.6 Å². The number of carbonyl (C=O) groups is 1. The molecule has 0 aromatic carbocycles. The van der Waals surface area contributed by atoms with Crippen molar-refractivity contribution in [3.63, 3.8) is 0 Å². The molecule has 0 aliphatic rings. The molecular formula is C13H28N4O3. The molecule has 0 bridgehead atoms. The van der Waals surface area contributed by atoms with Gasteiger partial charge in [-0.05, 0) is 33.2 Å². The van der Waals surface area contributed by atoms with Gasteiger partial charge in [-0.15, -0.1) is 0 Å². The predicted octanol–water partition coefficient (Wildman–Crippen LogP) is 0.980. The molecule has 1 aromatic rings. The van der Waals surface area contributed by atoms with Crippen LogP contribution in [0.2, 0.25) is 0 Å². The zero-order valence-electron chi connectivity index (χ0n) is 12.4. The molecule has 118 valence electrons. The summed E-state index contributed by atoms with van der Waals surface area (Å²) in [5.41, 5.74) is 10.4. The number of aromatic amines is 1. The Morgan fingerprint density at radius 1 is 1.40 bits per heavy atom. The number of carboxylic acids is 1. The number of carboxylic acid groups (broad SMARTS) is 1. The van der Waals surface area contributed by atoms with E-state index < -0.39 is 12.0 Å². The summed E-state index contributed by atoms with van der Waals surface area (Å²) in [6.45, 7) is 6.27. The van der Waals surface area contributed by atoms with E-state index in [1.807, 2.05) is 13.8 Å². The van der Waals surface area contributed by atoms with Crippen LogP contribution in [0.25, 0.3) is 0 Å². The molecule has 1 rings (SSSR count). The summed E-state index contributed by atoms with van der Waals surface area (Å²) in [4.78, 5) is 16.6. The summed E-state index contributed by atoms with van der Waals surface area (Å²) in [7, 11) is 0. The zero-order valence-corrected chi connectivity index (χ0v) is 12.4. The number of aliphatic carboxylic acids is 1. The van der Waals surface area contributed by atoms with Gasteiger partial charge in [0.25, 0.3) is 0 Å². The molecule has 1 unspecified atom stereocenters. The van der Waals surface area contributed by atoms with Crippen LogP contribution in [-0.4, -0.2) is 46.8 Å². The van der Waals surface area contributed by atoms with Crippen LogP contribution in [0, 0.1) is 0 Å². The van der Waals surface area contributed by atoms with Gasteiger partial charge in [0.05, 0.1) is 6.33 Å². The fourth-order valence-electron chi connectivity index (χ4n) is 1.05. The van der Waals surface area contributed by atoms with Crippen molar-refractivity contribution in [3.8, 4) is 0 Å². The molecule has 1 heterocycles. The van der Waals surface area contributed by atoms with Crippen molar-refractivity contribution in [3.05, 3.63) is 18.7 Å². The first-order valence-corrected chi connectivity index (χ1v) is 6.78. The average Bonchev–Trinajstić information content (AvgIpc) is 2.99. The molecule has 7 heteroatoms. The molecular weight excluding hydrogens is 260 g/mol. The van der Waals surface area contributed by atoms with Gasteiger partial charge < -0.3 is 26.3 Å². The molecule has 0 saturated carbocycles. The number of nitrogens with zero attached hydrogens (tertiary/aromatic N) is 1. The van der Waals surface area contributed by atoms with Crippen LogP contribution < -0.4 is 11.5 Å². The molecule has 0 aliphatic heterocycles. The monoisotopic (exact) mass is 288 g/mol. The maximum atomic E-state index is 10.1. The van der Waals surface area contributed by atoms with E-state index in [1.165, 1.54) is 0 Å². The maximum absolute atomic E-state index is 10.1. The van der Waals surface area contributed by atoms with Gasteiger partial charge in [-0.1, -0.05) is 6.42 Å². The topological polar surface area (TPSA) is 127 Å². The van der Waals surface area contributed by atoms with E-state index in [2.05, 4.69) is 9.97 Å². The molecule has 0 radical (unpaired) electrons. The molecule has 6 N–H and O–H groups in total. The Hall–Kier alpha value is -1.44. The van der Waals surface area contributed by atoms with Crippen LogP contribution >= 0.6 is 0 Å². The van der Waals surface area contributed by atoms with Crippen LogP contribution in [-0.2, 0) is 9.53 Å². The van der Waals surface area contributed by atoms with Gasteiger partial charge in [0.15, 0.2) is 0 Å². The second kappa shape index (κ2) is 17.6. The van der Waals surface area contributed by atoms with Crippen molar-refractivity contribution in [2.24, 2.45) is 11.5 Å². The van der Waals surface area contributed by atoms with Crippen molar-refractivity contribution in [1.29, 1.82) is 0 Å². The summed E-state index contributed by atoms with van der Waals surface area (Å²) in [5.74, 6) is -0.933. The number of H-pyrrole nitrogens is 1. The molecule has 0 fully saturated rings. The van der Waals surface area contributed by atoms with Crippen LogP contribution in [0.3, 0.4) is 0 Å². The first-order chi connectivity index (χ1) is 9.59. The smallest absolute Gasteiger partial charge is 0.320 e. The van der Waals surface area contributed by atoms with Crippen LogP contribution in [0.15, 0.2) is 18.7 Å². The number of nitrogens with one attached hydrogen (secondary N) is 1. The number of hydrogen-bond donors (Lipinski definition) is 4. The molecule has 1 aromatic heterocycles. The number of ether oxygens (including phenoxy) is 1. The molecule has 0 amide bonds. The van der Waals surface area contributed by atoms with Gasteiger partial charge in [-0.25, -0.2) is 4.98 Å². The molecule has 7 nitrogen and oxygen atoms in total. The highest BCUT2D eigenvalue weighted by atomic mass is 16.5. The first kappa shape index (κ1) is 20.9. The Morgan fingerprint density at radius 2 is 2.05 bits per heavy atom. The lowest BCUT2D eigenvalue weighted by Gasteiger charge is -2.03. The third-order valence-corrected chi connectivity index (χ3v) is 2.10. The van der Waals surface area contributed by atoms with Gasteiger partial charge in [-0.2, -0.15) is 0 Å². The third kappa shape index (κ3) is 18.9. The van der Waals surface area contributed by atoms with Gasteiger partial charge >= 0.3 is 5.97 Å². The summed E-state index contributed by atoms with van der Waals surface area (Å²) in [5, 5.41) is 8.33. The second-order valence-corrected chi connectivity index (χ2v) is 3.77. The fraction of sp³-hybridized carbons (Fsp3) is 0.692. The van der Waals surface area contributed by atoms with Crippen molar-refractivity contribution in [2.75, 3.05) is 19.8 Å². The van der Waals surface area contributed by atoms with E-state index in [0.29, 0.717) is 13.0 Å². The first-order valence-electron chi connectivity index (χ1n) is 6.78. The molecule has 0 aliphatic carbocycles. The van der Waals surface area contributed by atoms with E-state index in [0.717, 1.165) is 26.1 Å². The number of unbranched alkanes of at least 4 members (excludes halogenated alkanes) is 1. The summed E-state index contributed by atoms with van der Waals surface area (Å²) in [6, 6.07) is -0.716. The van der Waals surface area contributed by atoms with Crippen LogP contribution in [0.4, 0.5) is 0 Å². The highest BCUT2D eigenvalue weighted by molar-refractivity contribution is 5.72. The fourth-order valence-corrected chi connectivity index (χ4v) is 1.05. The maximum Gasteiger partial charge on any atom is 0.320 e. The van der Waals surface area contributed by atoms with Crippen molar-refractivity contribution >= 4 is 5.97 Å². The van der Waals surface area contributed by atoms with E-state index in [-0.39, 0.29) is 0 Å². The van der Waals surface area contributed by atoms with E-state index in [1.54, 1.807) is 18.7 Å². The molecule has 0 spiro atoms. The Labute approximate surface area is 120 Å². The summed E-state index contributed by atoms with van der Waals surface area (Å²) >= 11 is 0. The second-order valence-electron chi connectivity index (χ2n) is 3.77. The van der Waals surface area contributed by atoms with Crippen LogP contribution in [0.1, 0.15) is 33.1 Å². The molecule has 0 saturated heterocycles. The lowest BCUT2D eigenvalue weighted by Crippen LogP contribution is -2.29. The number of nitrogens with two attached hydrogens (primary N) is 2. The summed E-state index contributed by atoms with van der Waals surface area (Å²) < 4.78 is 4.83. The van der Waals surface area contributed by atoms with Gasteiger partial charge in [0.2, 0.25) is 0 Å². The average molecular weight is 288 g/mol. The van der Waals surface area contributed by atoms with E-state index >= 15 is 0 Å². The third-order valence-electron chi connectivity index (χ3n) is 2.10. The molecule has 1 atom stereocenters. The quantitative estimate of drug-likeness (QED) is 0.554. The van der Waals surface area contributed by atoms with Gasteiger partial charge in [0, 0.05) is 25.6 Å². The minimum atomic E-state index is -0.933. The van der Waals surface area contributed by atoms with E-state index in [9.17, 15) is 4.79 Å². The standard InChI is InChI=1S/C6H14N2O2.C4H10O.C3H4N2/c7-4-2-1-3-5(8)6(9)10;1-3-5-4-2;1-2-5-3-4-1/h5H,1-4,7-8H2,(H,9,10);3-4H2,1-2H3;1-3H,(H,4,5). The van der Waals surface area contributed by atoms with Gasteiger partial charge in [-0.3, -0.25) is 4.79 Å². The normalized spacial score (nSPS) is 10.6.